The van der Waals surface area contributed by atoms with Crippen molar-refractivity contribution >= 4 is 27.7 Å². The Labute approximate surface area is 192 Å². The van der Waals surface area contributed by atoms with E-state index in [1.54, 1.807) is 19.1 Å². The summed E-state index contributed by atoms with van der Waals surface area (Å²) in [6.45, 7) is 4.42. The molecule has 1 saturated heterocycles. The lowest BCUT2D eigenvalue weighted by Gasteiger charge is -2.27. The number of nitrogens with one attached hydrogen (secondary N) is 1. The molecule has 0 aromatic carbocycles. The lowest BCUT2D eigenvalue weighted by atomic mass is 9.99. The van der Waals surface area contributed by atoms with Gasteiger partial charge in [-0.2, -0.15) is 9.37 Å². The number of fused-ring (bicyclic) bond motifs is 1. The van der Waals surface area contributed by atoms with Crippen LogP contribution >= 0.6 is 0 Å². The summed E-state index contributed by atoms with van der Waals surface area (Å²) in [4.78, 5) is 27.8. The van der Waals surface area contributed by atoms with Gasteiger partial charge in [-0.05, 0) is 51.7 Å². The third-order valence-electron chi connectivity index (χ3n) is 6.43. The number of allylic oxidation sites excluding steroid dienone is 1. The van der Waals surface area contributed by atoms with Crippen molar-refractivity contribution in [3.05, 3.63) is 41.3 Å². The van der Waals surface area contributed by atoms with E-state index in [4.69, 9.17) is 9.26 Å². The number of hydrogen-bond donors (Lipinski definition) is 1. The number of aromatic nitrogens is 1. The minimum absolute atomic E-state index is 0.0946. The number of amides is 3. The minimum atomic E-state index is -3.73. The van der Waals surface area contributed by atoms with Gasteiger partial charge in [-0.3, -0.25) is 0 Å². The van der Waals surface area contributed by atoms with E-state index in [2.05, 4.69) is 9.88 Å². The maximum absolute atomic E-state index is 13.4. The number of carbonyl (C=O) groups is 2. The highest BCUT2D eigenvalue weighted by Gasteiger charge is 2.48. The largest absolute Gasteiger partial charge is 0.501 e. The zero-order valence-corrected chi connectivity index (χ0v) is 19.4. The van der Waals surface area contributed by atoms with Crippen molar-refractivity contribution in [3.63, 3.8) is 0 Å². The van der Waals surface area contributed by atoms with Crippen molar-refractivity contribution < 1.29 is 31.8 Å². The summed E-state index contributed by atoms with van der Waals surface area (Å²) >= 11 is 0. The molecule has 2 atom stereocenters. The third kappa shape index (κ3) is 4.32. The number of aryl methyl sites for hydroxylation is 1. The van der Waals surface area contributed by atoms with E-state index in [-0.39, 0.29) is 24.8 Å². The van der Waals surface area contributed by atoms with Crippen molar-refractivity contribution in [1.29, 1.82) is 0 Å². The van der Waals surface area contributed by atoms with Crippen molar-refractivity contribution in [1.82, 2.24) is 14.8 Å². The van der Waals surface area contributed by atoms with Gasteiger partial charge in [0.1, 0.15) is 23.1 Å². The number of nitrogens with zero attached hydrogens (tertiary/aromatic N) is 3. The van der Waals surface area contributed by atoms with Gasteiger partial charge in [0.25, 0.3) is 0 Å². The molecule has 2 aliphatic carbocycles. The van der Waals surface area contributed by atoms with Crippen LogP contribution in [0.1, 0.15) is 44.1 Å². The molecule has 0 bridgehead atoms. The van der Waals surface area contributed by atoms with E-state index in [1.807, 2.05) is 6.92 Å². The van der Waals surface area contributed by atoms with E-state index in [0.717, 1.165) is 30.6 Å². The molecule has 0 radical (unpaired) electrons. The van der Waals surface area contributed by atoms with Crippen LogP contribution in [0.25, 0.3) is 0 Å². The summed E-state index contributed by atoms with van der Waals surface area (Å²) < 4.78 is 41.1. The smallest absolute Gasteiger partial charge is 0.374 e. The molecule has 3 heterocycles. The van der Waals surface area contributed by atoms with Gasteiger partial charge in [0.2, 0.25) is 10.0 Å². The predicted molar refractivity (Wildman–Crippen MR) is 117 cm³/mol. The summed E-state index contributed by atoms with van der Waals surface area (Å²) in [6, 6.07) is 1.17. The van der Waals surface area contributed by atoms with Gasteiger partial charge in [-0.15, -0.1) is 4.90 Å². The van der Waals surface area contributed by atoms with Gasteiger partial charge < -0.3 is 9.26 Å². The lowest BCUT2D eigenvalue weighted by Crippen LogP contribution is -2.53. The van der Waals surface area contributed by atoms with Crippen LogP contribution in [-0.2, 0) is 26.1 Å². The van der Waals surface area contributed by atoms with Crippen molar-refractivity contribution in [3.8, 4) is 0 Å². The van der Waals surface area contributed by atoms with Gasteiger partial charge in [-0.25, -0.2) is 17.9 Å². The molecule has 11 heteroatoms. The van der Waals surface area contributed by atoms with Crippen LogP contribution in [0.4, 0.5) is 4.79 Å². The Morgan fingerprint density at radius 2 is 2.12 bits per heavy atom. The molecule has 1 aromatic heterocycles. The predicted octanol–water partition coefficient (Wildman–Crippen LogP) is 1.41. The van der Waals surface area contributed by atoms with Crippen LogP contribution in [0.2, 0.25) is 0 Å². The Bertz CT molecular complexity index is 1200. The lowest BCUT2D eigenvalue weighted by molar-refractivity contribution is -0.448. The second kappa shape index (κ2) is 8.00. The topological polar surface area (TPSA) is 122 Å². The second-order valence-electron chi connectivity index (χ2n) is 9.35. The molecule has 1 aromatic rings. The molecular formula is C22H27N4O6S+. The van der Waals surface area contributed by atoms with Crippen molar-refractivity contribution in [2.75, 3.05) is 13.2 Å². The van der Waals surface area contributed by atoms with Crippen LogP contribution in [-0.4, -0.2) is 70.7 Å². The molecule has 10 nitrogen and oxygen atoms in total. The van der Waals surface area contributed by atoms with E-state index >= 15 is 0 Å². The average Bonchev–Trinajstić information content (AvgIpc) is 3.14. The number of sulfonamides is 1. The summed E-state index contributed by atoms with van der Waals surface area (Å²) in [5.41, 5.74) is 0.789. The summed E-state index contributed by atoms with van der Waals surface area (Å²) in [5, 5.41) is 2.81. The molecule has 0 spiro atoms. The van der Waals surface area contributed by atoms with Crippen LogP contribution in [0.5, 0.6) is 0 Å². The molecular weight excluding hydrogens is 448 g/mol. The monoisotopic (exact) mass is 475 g/mol. The van der Waals surface area contributed by atoms with Crippen molar-refractivity contribution in [2.45, 2.75) is 63.0 Å². The van der Waals surface area contributed by atoms with Gasteiger partial charge in [0.15, 0.2) is 12.3 Å². The summed E-state index contributed by atoms with van der Waals surface area (Å²) in [7, 11) is -3.73. The van der Waals surface area contributed by atoms with E-state index in [0.29, 0.717) is 23.8 Å². The third-order valence-corrected chi connectivity index (χ3v) is 8.21. The fourth-order valence-electron chi connectivity index (χ4n) is 4.33. The Balaban J connectivity index is 1.51. The zero-order valence-electron chi connectivity index (χ0n) is 18.6. The van der Waals surface area contributed by atoms with Gasteiger partial charge in [0, 0.05) is 18.2 Å². The Morgan fingerprint density at radius 3 is 2.76 bits per heavy atom. The van der Waals surface area contributed by atoms with Crippen LogP contribution in [0.3, 0.4) is 0 Å². The zero-order chi connectivity index (χ0) is 23.4. The first-order chi connectivity index (χ1) is 15.7. The number of hydrogen-bond acceptors (Lipinski definition) is 7. The number of imide groups is 1. The van der Waals surface area contributed by atoms with Crippen LogP contribution in [0, 0.1) is 6.92 Å². The highest BCUT2D eigenvalue weighted by molar-refractivity contribution is 7.90. The highest BCUT2D eigenvalue weighted by atomic mass is 32.2. The molecule has 2 unspecified atom stereocenters. The first-order valence-corrected chi connectivity index (χ1v) is 12.7. The fraction of sp³-hybridized carbons (Fsp3) is 0.545. The maximum atomic E-state index is 13.4. The summed E-state index contributed by atoms with van der Waals surface area (Å²) in [6.07, 6.45) is 7.66. The quantitative estimate of drug-likeness (QED) is 0.592. The first kappa shape index (κ1) is 22.2. The maximum Gasteiger partial charge on any atom is 0.501 e. The summed E-state index contributed by atoms with van der Waals surface area (Å²) in [5.74, 6) is -0.191. The number of urea groups is 1. The van der Waals surface area contributed by atoms with Gasteiger partial charge >= 0.3 is 11.9 Å². The number of carbonyl (C=O) groups excluding carboxylic acids is 2. The van der Waals surface area contributed by atoms with Gasteiger partial charge in [-0.1, -0.05) is 11.2 Å². The molecule has 2 fully saturated rings. The van der Waals surface area contributed by atoms with Crippen LogP contribution in [0.15, 0.2) is 34.4 Å². The highest BCUT2D eigenvalue weighted by Crippen LogP contribution is 2.36. The normalized spacial score (nSPS) is 26.6. The Kier molecular flexibility index (Phi) is 5.37. The Hall–Kier alpha value is -2.63. The van der Waals surface area contributed by atoms with Gasteiger partial charge in [0.05, 0.1) is 11.8 Å². The second-order valence-corrected chi connectivity index (χ2v) is 11.2. The van der Waals surface area contributed by atoms with Crippen molar-refractivity contribution in [2.24, 2.45) is 0 Å². The minimum Gasteiger partial charge on any atom is -0.374 e. The van der Waals surface area contributed by atoms with E-state index in [1.165, 1.54) is 16.7 Å². The standard InChI is InChI=1S/C22H27N4O6S/c1-14-10-16(32-23-14)13-26-20(27)18-11-17(33(29,30)24-22(2)7-8-22)5-6-19(18)25(21(26)28)12-15-4-3-9-31-15/h5-6,10-11,15,17,24H,3-4,7-9,12-13H2,1-2H3/q+1. The molecule has 4 aliphatic rings. The SMILES string of the molecule is Cc1cc(CN2C(=O)C3=CC(S(=O)(=O)NC4(C)CC4)C=CC3=[N+](CC3CCCO3)C2=O)on1. The first-order valence-electron chi connectivity index (χ1n) is 11.1. The van der Waals surface area contributed by atoms with E-state index in [9.17, 15) is 18.0 Å². The van der Waals surface area contributed by atoms with E-state index < -0.39 is 32.8 Å². The molecule has 176 valence electrons. The van der Waals surface area contributed by atoms with Crippen LogP contribution < -0.4 is 4.72 Å². The molecule has 33 heavy (non-hydrogen) atoms. The molecule has 1 saturated carbocycles. The molecule has 2 aliphatic heterocycles. The molecule has 5 rings (SSSR count). The Morgan fingerprint density at radius 1 is 1.33 bits per heavy atom. The fourth-order valence-corrected chi connectivity index (χ4v) is 5.95. The number of rotatable bonds is 7. The number of ether oxygens (including phenoxy) is 1. The molecule has 1 N–H and O–H groups in total. The molecule has 3 amide bonds. The average molecular weight is 476 g/mol.